The number of ether oxygens (including phenoxy) is 1. The molecule has 1 rings (SSSR count). The van der Waals surface area contributed by atoms with Crippen LogP contribution in [0.1, 0.15) is 17.6 Å². The zero-order chi connectivity index (χ0) is 9.14. The number of hydrogen-bond donors (Lipinski definition) is 0. The molecule has 0 unspecified atom stereocenters. The molecule has 3 heteroatoms. The van der Waals surface area contributed by atoms with Crippen molar-refractivity contribution in [3.63, 3.8) is 0 Å². The van der Waals surface area contributed by atoms with Gasteiger partial charge in [-0.1, -0.05) is 12.1 Å². The Bertz CT molecular complexity index is 271. The SMILES string of the molecule is COc1c(C)cccc1C(F)F. The highest BCUT2D eigenvalue weighted by Gasteiger charge is 2.14. The Kier molecular flexibility index (Phi) is 2.63. The quantitative estimate of drug-likeness (QED) is 0.666. The van der Waals surface area contributed by atoms with Crippen molar-refractivity contribution in [3.8, 4) is 5.75 Å². The molecule has 1 aromatic rings. The summed E-state index contributed by atoms with van der Waals surface area (Å²) in [5.74, 6) is 0.285. The molecule has 0 atom stereocenters. The Labute approximate surface area is 70.0 Å². The average Bonchev–Trinajstić information content (AvgIpc) is 2.03. The van der Waals surface area contributed by atoms with Crippen molar-refractivity contribution in [1.82, 2.24) is 0 Å². The second kappa shape index (κ2) is 3.52. The summed E-state index contributed by atoms with van der Waals surface area (Å²) < 4.78 is 29.5. The minimum atomic E-state index is -2.47. The largest absolute Gasteiger partial charge is 0.496 e. The van der Waals surface area contributed by atoms with Crippen molar-refractivity contribution in [2.24, 2.45) is 0 Å². The van der Waals surface area contributed by atoms with Crippen LogP contribution in [0.2, 0.25) is 0 Å². The van der Waals surface area contributed by atoms with Gasteiger partial charge in [-0.05, 0) is 18.6 Å². The first kappa shape index (κ1) is 8.97. The molecule has 0 amide bonds. The number of rotatable bonds is 2. The molecule has 0 heterocycles. The van der Waals surface area contributed by atoms with Crippen LogP contribution in [0.5, 0.6) is 5.75 Å². The van der Waals surface area contributed by atoms with Gasteiger partial charge in [0.15, 0.2) is 0 Å². The van der Waals surface area contributed by atoms with Gasteiger partial charge in [0.25, 0.3) is 6.43 Å². The van der Waals surface area contributed by atoms with Crippen LogP contribution >= 0.6 is 0 Å². The van der Waals surface area contributed by atoms with E-state index in [9.17, 15) is 8.78 Å². The maximum atomic E-state index is 12.3. The molecule has 1 nitrogen and oxygen atoms in total. The summed E-state index contributed by atoms with van der Waals surface area (Å²) in [6, 6.07) is 4.71. The smallest absolute Gasteiger partial charge is 0.267 e. The van der Waals surface area contributed by atoms with Crippen LogP contribution < -0.4 is 4.74 Å². The fraction of sp³-hybridized carbons (Fsp3) is 0.333. The molecular formula is C9H10F2O. The normalized spacial score (nSPS) is 10.4. The number of benzene rings is 1. The molecule has 0 aromatic heterocycles. The molecule has 0 N–H and O–H groups in total. The van der Waals surface area contributed by atoms with E-state index < -0.39 is 6.43 Å². The van der Waals surface area contributed by atoms with E-state index in [0.29, 0.717) is 0 Å². The number of para-hydroxylation sites is 1. The standard InChI is InChI=1S/C9H10F2O/c1-6-4-3-5-7(9(10)11)8(6)12-2/h3-5,9H,1-2H3. The van der Waals surface area contributed by atoms with E-state index in [4.69, 9.17) is 4.74 Å². The van der Waals surface area contributed by atoms with Gasteiger partial charge < -0.3 is 4.74 Å². The summed E-state index contributed by atoms with van der Waals surface area (Å²) in [4.78, 5) is 0. The number of alkyl halides is 2. The highest BCUT2D eigenvalue weighted by atomic mass is 19.3. The van der Waals surface area contributed by atoms with Crippen molar-refractivity contribution in [3.05, 3.63) is 29.3 Å². The first-order valence-corrected chi connectivity index (χ1v) is 3.58. The minimum Gasteiger partial charge on any atom is -0.496 e. The molecule has 0 aliphatic rings. The van der Waals surface area contributed by atoms with E-state index in [2.05, 4.69) is 0 Å². The van der Waals surface area contributed by atoms with Crippen LogP contribution in [0.15, 0.2) is 18.2 Å². The number of halogens is 2. The van der Waals surface area contributed by atoms with Gasteiger partial charge in [-0.15, -0.1) is 0 Å². The van der Waals surface area contributed by atoms with Gasteiger partial charge in [0, 0.05) is 0 Å². The summed E-state index contributed by atoms with van der Waals surface area (Å²) in [7, 11) is 1.40. The highest BCUT2D eigenvalue weighted by molar-refractivity contribution is 5.41. The number of methoxy groups -OCH3 is 1. The predicted octanol–water partition coefficient (Wildman–Crippen LogP) is 2.94. The fourth-order valence-electron chi connectivity index (χ4n) is 1.13. The molecule has 0 spiro atoms. The lowest BCUT2D eigenvalue weighted by Crippen LogP contribution is -1.94. The average molecular weight is 172 g/mol. The van der Waals surface area contributed by atoms with Crippen LogP contribution in [0.3, 0.4) is 0 Å². The van der Waals surface area contributed by atoms with Crippen molar-refractivity contribution in [1.29, 1.82) is 0 Å². The van der Waals surface area contributed by atoms with E-state index >= 15 is 0 Å². The summed E-state index contributed by atoms with van der Waals surface area (Å²) in [6.07, 6.45) is -2.47. The predicted molar refractivity (Wildman–Crippen MR) is 42.7 cm³/mol. The van der Waals surface area contributed by atoms with Crippen LogP contribution in [-0.2, 0) is 0 Å². The molecule has 0 aliphatic heterocycles. The van der Waals surface area contributed by atoms with E-state index in [0.717, 1.165) is 5.56 Å². The third kappa shape index (κ3) is 1.55. The Hall–Kier alpha value is -1.12. The lowest BCUT2D eigenvalue weighted by Gasteiger charge is -2.09. The van der Waals surface area contributed by atoms with Crippen LogP contribution in [0.4, 0.5) is 8.78 Å². The molecule has 66 valence electrons. The van der Waals surface area contributed by atoms with Crippen LogP contribution in [0, 0.1) is 6.92 Å². The van der Waals surface area contributed by atoms with Gasteiger partial charge in [-0.3, -0.25) is 0 Å². The van der Waals surface area contributed by atoms with Crippen molar-refractivity contribution < 1.29 is 13.5 Å². The van der Waals surface area contributed by atoms with Gasteiger partial charge in [0.1, 0.15) is 5.75 Å². The zero-order valence-electron chi connectivity index (χ0n) is 6.97. The third-order valence-corrected chi connectivity index (χ3v) is 1.68. The van der Waals surface area contributed by atoms with Crippen molar-refractivity contribution in [2.45, 2.75) is 13.3 Å². The monoisotopic (exact) mass is 172 g/mol. The summed E-state index contributed by atoms with van der Waals surface area (Å²) in [6.45, 7) is 1.74. The van der Waals surface area contributed by atoms with E-state index in [1.807, 2.05) is 0 Å². The summed E-state index contributed by atoms with van der Waals surface area (Å²) >= 11 is 0. The first-order chi connectivity index (χ1) is 5.66. The van der Waals surface area contributed by atoms with E-state index in [1.165, 1.54) is 13.2 Å². The van der Waals surface area contributed by atoms with Crippen molar-refractivity contribution >= 4 is 0 Å². The Morgan fingerprint density at radius 2 is 2.00 bits per heavy atom. The molecule has 0 aliphatic carbocycles. The maximum absolute atomic E-state index is 12.3. The minimum absolute atomic E-state index is 0.0440. The van der Waals surface area contributed by atoms with E-state index in [-0.39, 0.29) is 11.3 Å². The first-order valence-electron chi connectivity index (χ1n) is 3.58. The molecule has 0 saturated heterocycles. The zero-order valence-corrected chi connectivity index (χ0v) is 6.97. The van der Waals surface area contributed by atoms with Crippen LogP contribution in [-0.4, -0.2) is 7.11 Å². The van der Waals surface area contributed by atoms with Gasteiger partial charge >= 0.3 is 0 Å². The van der Waals surface area contributed by atoms with Gasteiger partial charge in [-0.25, -0.2) is 8.78 Å². The molecule has 0 saturated carbocycles. The molecule has 1 aromatic carbocycles. The Morgan fingerprint density at radius 1 is 1.33 bits per heavy atom. The van der Waals surface area contributed by atoms with E-state index in [1.54, 1.807) is 19.1 Å². The van der Waals surface area contributed by atoms with Gasteiger partial charge in [-0.2, -0.15) is 0 Å². The Balaban J connectivity index is 3.18. The Morgan fingerprint density at radius 3 is 2.42 bits per heavy atom. The lowest BCUT2D eigenvalue weighted by atomic mass is 10.1. The highest BCUT2D eigenvalue weighted by Crippen LogP contribution is 2.31. The molecular weight excluding hydrogens is 162 g/mol. The topological polar surface area (TPSA) is 9.23 Å². The molecule has 12 heavy (non-hydrogen) atoms. The molecule has 0 fully saturated rings. The van der Waals surface area contributed by atoms with Crippen LogP contribution in [0.25, 0.3) is 0 Å². The van der Waals surface area contributed by atoms with Gasteiger partial charge in [0.2, 0.25) is 0 Å². The van der Waals surface area contributed by atoms with Gasteiger partial charge in [0.05, 0.1) is 12.7 Å². The lowest BCUT2D eigenvalue weighted by molar-refractivity contribution is 0.147. The molecule has 0 bridgehead atoms. The number of hydrogen-bond acceptors (Lipinski definition) is 1. The second-order valence-electron chi connectivity index (χ2n) is 2.50. The fourth-order valence-corrected chi connectivity index (χ4v) is 1.13. The maximum Gasteiger partial charge on any atom is 0.267 e. The summed E-state index contributed by atoms with van der Waals surface area (Å²) in [5, 5.41) is 0. The third-order valence-electron chi connectivity index (χ3n) is 1.68. The summed E-state index contributed by atoms with van der Waals surface area (Å²) in [5.41, 5.74) is 0.688. The molecule has 0 radical (unpaired) electrons. The second-order valence-corrected chi connectivity index (χ2v) is 2.50. The van der Waals surface area contributed by atoms with Crippen molar-refractivity contribution in [2.75, 3.05) is 7.11 Å². The number of aryl methyl sites for hydroxylation is 1.